The molecule has 1 atom stereocenters. The fraction of sp³-hybridized carbons (Fsp3) is 0.429. The van der Waals surface area contributed by atoms with Gasteiger partial charge in [0.15, 0.2) is 0 Å². The summed E-state index contributed by atoms with van der Waals surface area (Å²) in [5.74, 6) is -2.12. The van der Waals surface area contributed by atoms with Crippen LogP contribution in [0.25, 0.3) is 0 Å². The third kappa shape index (κ3) is 4.69. The molecular formula is C14H18FNO3. The summed E-state index contributed by atoms with van der Waals surface area (Å²) >= 11 is 0. The van der Waals surface area contributed by atoms with Gasteiger partial charge in [0.1, 0.15) is 5.82 Å². The van der Waals surface area contributed by atoms with Gasteiger partial charge in [-0.2, -0.15) is 0 Å². The highest BCUT2D eigenvalue weighted by molar-refractivity contribution is 5.79. The first-order valence-corrected chi connectivity index (χ1v) is 6.19. The van der Waals surface area contributed by atoms with Crippen LogP contribution in [0.5, 0.6) is 0 Å². The van der Waals surface area contributed by atoms with Gasteiger partial charge in [-0.15, -0.1) is 0 Å². The number of nitrogens with zero attached hydrogens (tertiary/aromatic N) is 1. The molecule has 0 aliphatic carbocycles. The Bertz CT molecular complexity index is 462. The normalized spacial score (nSPS) is 11.9. The van der Waals surface area contributed by atoms with E-state index in [1.165, 1.54) is 17.0 Å². The van der Waals surface area contributed by atoms with Crippen LogP contribution in [-0.2, 0) is 16.0 Å². The number of hydrogen-bond acceptors (Lipinski definition) is 2. The molecule has 0 radical (unpaired) electrons. The number of hydrogen-bond donors (Lipinski definition) is 1. The van der Waals surface area contributed by atoms with Crippen LogP contribution in [0.2, 0.25) is 0 Å². The fourth-order valence-corrected chi connectivity index (χ4v) is 1.75. The Kier molecular flexibility index (Phi) is 5.48. The van der Waals surface area contributed by atoms with Crippen molar-refractivity contribution in [1.82, 2.24) is 4.90 Å². The van der Waals surface area contributed by atoms with Crippen LogP contribution < -0.4 is 0 Å². The summed E-state index contributed by atoms with van der Waals surface area (Å²) in [5, 5.41) is 8.85. The van der Waals surface area contributed by atoms with Gasteiger partial charge in [0, 0.05) is 13.1 Å². The lowest BCUT2D eigenvalue weighted by Crippen LogP contribution is -2.37. The quantitative estimate of drug-likeness (QED) is 0.857. The third-order valence-corrected chi connectivity index (χ3v) is 2.89. The van der Waals surface area contributed by atoms with Crippen LogP contribution >= 0.6 is 0 Å². The van der Waals surface area contributed by atoms with Crippen LogP contribution in [0.4, 0.5) is 4.39 Å². The van der Waals surface area contributed by atoms with Gasteiger partial charge in [0.05, 0.1) is 12.3 Å². The number of likely N-dealkylation sites (N-methyl/N-ethyl adjacent to an activating group) is 1. The van der Waals surface area contributed by atoms with E-state index in [9.17, 15) is 14.0 Å². The van der Waals surface area contributed by atoms with Crippen LogP contribution in [0, 0.1) is 11.7 Å². The molecule has 104 valence electrons. The van der Waals surface area contributed by atoms with Crippen LogP contribution in [0.1, 0.15) is 19.4 Å². The van der Waals surface area contributed by atoms with Crippen molar-refractivity contribution in [2.24, 2.45) is 5.92 Å². The van der Waals surface area contributed by atoms with E-state index in [2.05, 4.69) is 0 Å². The zero-order chi connectivity index (χ0) is 14.4. The molecule has 1 N–H and O–H groups in total. The van der Waals surface area contributed by atoms with Crippen molar-refractivity contribution in [3.63, 3.8) is 0 Å². The number of benzene rings is 1. The highest BCUT2D eigenvalue weighted by Gasteiger charge is 2.19. The number of carbonyl (C=O) groups is 2. The molecule has 5 heteroatoms. The van der Waals surface area contributed by atoms with Gasteiger partial charge in [-0.25, -0.2) is 4.39 Å². The lowest BCUT2D eigenvalue weighted by atomic mass is 10.1. The highest BCUT2D eigenvalue weighted by atomic mass is 19.1. The largest absolute Gasteiger partial charge is 0.481 e. The minimum Gasteiger partial charge on any atom is -0.481 e. The van der Waals surface area contributed by atoms with Gasteiger partial charge in [0.2, 0.25) is 5.91 Å². The molecule has 0 aliphatic rings. The molecule has 1 aromatic carbocycles. The standard InChI is InChI=1S/C14H18FNO3/c1-3-16(9-10(2)14(18)19)13(17)8-11-5-4-6-12(15)7-11/h4-7,10H,3,8-9H2,1-2H3,(H,18,19). The van der Waals surface area contributed by atoms with Crippen molar-refractivity contribution in [3.8, 4) is 0 Å². The minimum absolute atomic E-state index is 0.0813. The number of amides is 1. The summed E-state index contributed by atoms with van der Waals surface area (Å²) < 4.78 is 13.0. The summed E-state index contributed by atoms with van der Waals surface area (Å²) in [6.45, 7) is 3.95. The van der Waals surface area contributed by atoms with Crippen molar-refractivity contribution < 1.29 is 19.1 Å². The summed E-state index contributed by atoms with van der Waals surface area (Å²) in [5.41, 5.74) is 0.589. The molecule has 0 aromatic heterocycles. The van der Waals surface area contributed by atoms with Crippen molar-refractivity contribution in [2.75, 3.05) is 13.1 Å². The smallest absolute Gasteiger partial charge is 0.308 e. The summed E-state index contributed by atoms with van der Waals surface area (Å²) in [6.07, 6.45) is 0.0813. The number of halogens is 1. The highest BCUT2D eigenvalue weighted by Crippen LogP contribution is 2.08. The maximum Gasteiger partial charge on any atom is 0.308 e. The van der Waals surface area contributed by atoms with Gasteiger partial charge in [-0.1, -0.05) is 19.1 Å². The van der Waals surface area contributed by atoms with Crippen molar-refractivity contribution in [3.05, 3.63) is 35.6 Å². The predicted molar refractivity (Wildman–Crippen MR) is 69.2 cm³/mol. The molecule has 4 nitrogen and oxygen atoms in total. The van der Waals surface area contributed by atoms with E-state index in [0.717, 1.165) is 0 Å². The Balaban J connectivity index is 2.66. The topological polar surface area (TPSA) is 57.6 Å². The van der Waals surface area contributed by atoms with Crippen molar-refractivity contribution >= 4 is 11.9 Å². The number of carboxylic acid groups (broad SMARTS) is 1. The van der Waals surface area contributed by atoms with E-state index in [-0.39, 0.29) is 24.7 Å². The van der Waals surface area contributed by atoms with Gasteiger partial charge in [-0.3, -0.25) is 9.59 Å². The fourth-order valence-electron chi connectivity index (χ4n) is 1.75. The van der Waals surface area contributed by atoms with Gasteiger partial charge >= 0.3 is 5.97 Å². The van der Waals surface area contributed by atoms with Gasteiger partial charge in [-0.05, 0) is 24.6 Å². The molecule has 1 amide bonds. The lowest BCUT2D eigenvalue weighted by molar-refractivity contribution is -0.142. The van der Waals surface area contributed by atoms with Crippen LogP contribution in [-0.4, -0.2) is 35.0 Å². The molecule has 0 aliphatic heterocycles. The predicted octanol–water partition coefficient (Wildman–Crippen LogP) is 1.94. The average molecular weight is 267 g/mol. The minimum atomic E-state index is -0.933. The molecule has 0 spiro atoms. The summed E-state index contributed by atoms with van der Waals surface area (Å²) in [6, 6.07) is 5.86. The molecule has 0 heterocycles. The van der Waals surface area contributed by atoms with E-state index in [0.29, 0.717) is 12.1 Å². The summed E-state index contributed by atoms with van der Waals surface area (Å²) in [4.78, 5) is 24.3. The molecule has 19 heavy (non-hydrogen) atoms. The van der Waals surface area contributed by atoms with E-state index >= 15 is 0 Å². The third-order valence-electron chi connectivity index (χ3n) is 2.89. The molecule has 1 aromatic rings. The molecule has 0 saturated heterocycles. The first kappa shape index (κ1) is 15.1. The zero-order valence-corrected chi connectivity index (χ0v) is 11.1. The van der Waals surface area contributed by atoms with Gasteiger partial charge in [0.25, 0.3) is 0 Å². The molecule has 0 saturated carbocycles. The first-order chi connectivity index (χ1) is 8.93. The van der Waals surface area contributed by atoms with E-state index in [1.54, 1.807) is 26.0 Å². The second kappa shape index (κ2) is 6.87. The lowest BCUT2D eigenvalue weighted by Gasteiger charge is -2.23. The summed E-state index contributed by atoms with van der Waals surface area (Å²) in [7, 11) is 0. The maximum absolute atomic E-state index is 13.0. The monoisotopic (exact) mass is 267 g/mol. The molecule has 1 unspecified atom stereocenters. The number of rotatable bonds is 6. The van der Waals surface area contributed by atoms with Crippen molar-refractivity contribution in [2.45, 2.75) is 20.3 Å². The maximum atomic E-state index is 13.0. The number of aliphatic carboxylic acids is 1. The molecular weight excluding hydrogens is 249 g/mol. The molecule has 0 bridgehead atoms. The Labute approximate surface area is 111 Å². The van der Waals surface area contributed by atoms with Crippen LogP contribution in [0.15, 0.2) is 24.3 Å². The Morgan fingerprint density at radius 3 is 2.63 bits per heavy atom. The SMILES string of the molecule is CCN(CC(C)C(=O)O)C(=O)Cc1cccc(F)c1. The first-order valence-electron chi connectivity index (χ1n) is 6.19. The Hall–Kier alpha value is -1.91. The van der Waals surface area contributed by atoms with E-state index < -0.39 is 11.9 Å². The zero-order valence-electron chi connectivity index (χ0n) is 11.1. The van der Waals surface area contributed by atoms with Gasteiger partial charge < -0.3 is 10.0 Å². The average Bonchev–Trinajstić information content (AvgIpc) is 2.35. The van der Waals surface area contributed by atoms with Crippen molar-refractivity contribution in [1.29, 1.82) is 0 Å². The second-order valence-corrected chi connectivity index (χ2v) is 4.48. The van der Waals surface area contributed by atoms with E-state index in [4.69, 9.17) is 5.11 Å². The Morgan fingerprint density at radius 1 is 1.42 bits per heavy atom. The van der Waals surface area contributed by atoms with Crippen LogP contribution in [0.3, 0.4) is 0 Å². The van der Waals surface area contributed by atoms with E-state index in [1.807, 2.05) is 0 Å². The molecule has 1 rings (SSSR count). The number of carbonyl (C=O) groups excluding carboxylic acids is 1. The molecule has 0 fully saturated rings. The Morgan fingerprint density at radius 2 is 2.11 bits per heavy atom. The second-order valence-electron chi connectivity index (χ2n) is 4.48. The number of carboxylic acids is 1.